The summed E-state index contributed by atoms with van der Waals surface area (Å²) >= 11 is 0. The molecule has 0 unspecified atom stereocenters. The Kier molecular flexibility index (Phi) is 3.88. The highest BCUT2D eigenvalue weighted by Gasteiger charge is 2.11. The van der Waals surface area contributed by atoms with E-state index in [2.05, 4.69) is 15.4 Å². The summed E-state index contributed by atoms with van der Waals surface area (Å²) in [4.78, 5) is 1.38. The minimum absolute atomic E-state index is 0.237. The van der Waals surface area contributed by atoms with E-state index in [1.165, 1.54) is 4.80 Å². The predicted molar refractivity (Wildman–Crippen MR) is 64.8 cm³/mol. The van der Waals surface area contributed by atoms with Crippen molar-refractivity contribution in [2.45, 2.75) is 26.1 Å². The molecule has 0 radical (unpaired) electrons. The normalized spacial score (nSPS) is 12.4. The number of hydrogen-bond donors (Lipinski definition) is 1. The van der Waals surface area contributed by atoms with Gasteiger partial charge in [0.25, 0.3) is 0 Å². The van der Waals surface area contributed by atoms with Crippen LogP contribution in [0.1, 0.15) is 30.8 Å². The molecule has 96 valence electrons. The molecule has 0 spiro atoms. The molecule has 0 amide bonds. The minimum Gasteiger partial charge on any atom is -0.485 e. The highest BCUT2D eigenvalue weighted by molar-refractivity contribution is 5.35. The smallest absolute Gasteiger partial charge is 0.212 e. The zero-order valence-corrected chi connectivity index (χ0v) is 10.4. The first-order chi connectivity index (χ1) is 8.70. The van der Waals surface area contributed by atoms with Crippen LogP contribution >= 0.6 is 0 Å². The van der Waals surface area contributed by atoms with Gasteiger partial charge in [0.15, 0.2) is 6.61 Å². The Morgan fingerprint density at radius 3 is 2.83 bits per heavy atom. The number of hydrogen-bond acceptors (Lipinski definition) is 5. The Morgan fingerprint density at radius 2 is 2.17 bits per heavy atom. The molecule has 0 saturated carbocycles. The maximum atomic E-state index is 9.88. The van der Waals surface area contributed by atoms with Crippen molar-refractivity contribution < 1.29 is 9.84 Å². The van der Waals surface area contributed by atoms with E-state index in [0.717, 1.165) is 5.56 Å². The van der Waals surface area contributed by atoms with Gasteiger partial charge >= 0.3 is 0 Å². The van der Waals surface area contributed by atoms with Gasteiger partial charge in [-0.3, -0.25) is 0 Å². The standard InChI is InChI=1S/C12H16N4O2/c1-3-10(17)9-6-4-5-7-11(9)18-8-12-13-15-16(2)14-12/h4-7,10,17H,3,8H2,1-2H3/t10-/m0/s1. The SMILES string of the molecule is CC[C@H](O)c1ccccc1OCc1nnn(C)n1. The summed E-state index contributed by atoms with van der Waals surface area (Å²) in [5.41, 5.74) is 0.781. The fourth-order valence-electron chi connectivity index (χ4n) is 1.63. The van der Waals surface area contributed by atoms with Crippen LogP contribution in [0.25, 0.3) is 0 Å². The zero-order valence-electron chi connectivity index (χ0n) is 10.4. The molecule has 0 bridgehead atoms. The van der Waals surface area contributed by atoms with E-state index >= 15 is 0 Å². The lowest BCUT2D eigenvalue weighted by atomic mass is 10.1. The third kappa shape index (κ3) is 2.84. The number of aromatic nitrogens is 4. The second-order valence-corrected chi connectivity index (χ2v) is 3.95. The molecule has 6 heteroatoms. The van der Waals surface area contributed by atoms with Crippen molar-refractivity contribution in [3.8, 4) is 5.75 Å². The van der Waals surface area contributed by atoms with Crippen molar-refractivity contribution >= 4 is 0 Å². The van der Waals surface area contributed by atoms with Crippen LogP contribution in [-0.4, -0.2) is 25.3 Å². The minimum atomic E-state index is -0.518. The Balaban J connectivity index is 2.09. The fourth-order valence-corrected chi connectivity index (χ4v) is 1.63. The van der Waals surface area contributed by atoms with E-state index < -0.39 is 6.10 Å². The first kappa shape index (κ1) is 12.5. The molecule has 18 heavy (non-hydrogen) atoms. The van der Waals surface area contributed by atoms with Crippen molar-refractivity contribution in [3.63, 3.8) is 0 Å². The first-order valence-corrected chi connectivity index (χ1v) is 5.83. The van der Waals surface area contributed by atoms with Crippen LogP contribution in [0, 0.1) is 0 Å². The number of para-hydroxylation sites is 1. The molecular formula is C12H16N4O2. The highest BCUT2D eigenvalue weighted by atomic mass is 16.5. The maximum absolute atomic E-state index is 9.88. The molecule has 1 N–H and O–H groups in total. The first-order valence-electron chi connectivity index (χ1n) is 5.83. The summed E-state index contributed by atoms with van der Waals surface area (Å²) < 4.78 is 5.62. The summed E-state index contributed by atoms with van der Waals surface area (Å²) in [5.74, 6) is 1.16. The number of aryl methyl sites for hydroxylation is 1. The number of ether oxygens (including phenoxy) is 1. The Morgan fingerprint density at radius 1 is 1.39 bits per heavy atom. The van der Waals surface area contributed by atoms with Crippen LogP contribution in [0.5, 0.6) is 5.75 Å². The number of tetrazole rings is 1. The van der Waals surface area contributed by atoms with Gasteiger partial charge in [-0.15, -0.1) is 10.2 Å². The van der Waals surface area contributed by atoms with Crippen LogP contribution in [0.3, 0.4) is 0 Å². The van der Waals surface area contributed by atoms with E-state index in [-0.39, 0.29) is 6.61 Å². The van der Waals surface area contributed by atoms with Gasteiger partial charge in [-0.25, -0.2) is 0 Å². The number of aliphatic hydroxyl groups is 1. The number of aliphatic hydroxyl groups excluding tert-OH is 1. The van der Waals surface area contributed by atoms with Gasteiger partial charge in [-0.05, 0) is 17.7 Å². The van der Waals surface area contributed by atoms with E-state index in [1.54, 1.807) is 7.05 Å². The van der Waals surface area contributed by atoms with Gasteiger partial charge in [-0.2, -0.15) is 4.80 Å². The molecule has 0 fully saturated rings. The third-order valence-electron chi connectivity index (χ3n) is 2.57. The largest absolute Gasteiger partial charge is 0.485 e. The molecule has 0 aliphatic heterocycles. The average Bonchev–Trinajstić information content (AvgIpc) is 2.81. The van der Waals surface area contributed by atoms with Crippen LogP contribution in [-0.2, 0) is 13.7 Å². The maximum Gasteiger partial charge on any atom is 0.212 e. The van der Waals surface area contributed by atoms with Gasteiger partial charge in [0.05, 0.1) is 13.2 Å². The molecule has 1 atom stereocenters. The molecule has 6 nitrogen and oxygen atoms in total. The monoisotopic (exact) mass is 248 g/mol. The van der Waals surface area contributed by atoms with Crippen molar-refractivity contribution in [2.24, 2.45) is 7.05 Å². The highest BCUT2D eigenvalue weighted by Crippen LogP contribution is 2.27. The van der Waals surface area contributed by atoms with Crippen molar-refractivity contribution in [2.75, 3.05) is 0 Å². The van der Waals surface area contributed by atoms with Gasteiger partial charge in [-0.1, -0.05) is 25.1 Å². The van der Waals surface area contributed by atoms with Crippen LogP contribution in [0.2, 0.25) is 0 Å². The molecule has 0 aliphatic rings. The third-order valence-corrected chi connectivity index (χ3v) is 2.57. The average molecular weight is 248 g/mol. The van der Waals surface area contributed by atoms with Crippen LogP contribution < -0.4 is 4.74 Å². The van der Waals surface area contributed by atoms with Crippen molar-refractivity contribution in [3.05, 3.63) is 35.7 Å². The Bertz CT molecular complexity index is 512. The van der Waals surface area contributed by atoms with Gasteiger partial charge < -0.3 is 9.84 Å². The fraction of sp³-hybridized carbons (Fsp3) is 0.417. The van der Waals surface area contributed by atoms with Crippen LogP contribution in [0.15, 0.2) is 24.3 Å². The zero-order chi connectivity index (χ0) is 13.0. The summed E-state index contributed by atoms with van der Waals surface area (Å²) in [6, 6.07) is 7.42. The quantitative estimate of drug-likeness (QED) is 0.861. The molecule has 2 aromatic rings. The molecule has 1 aromatic heterocycles. The lowest BCUT2D eigenvalue weighted by molar-refractivity contribution is 0.166. The second kappa shape index (κ2) is 5.59. The van der Waals surface area contributed by atoms with Gasteiger partial charge in [0.2, 0.25) is 5.82 Å². The summed E-state index contributed by atoms with van der Waals surface area (Å²) in [7, 11) is 1.70. The summed E-state index contributed by atoms with van der Waals surface area (Å²) in [5, 5.41) is 21.5. The predicted octanol–water partition coefficient (Wildman–Crippen LogP) is 1.23. The Hall–Kier alpha value is -1.95. The summed E-state index contributed by atoms with van der Waals surface area (Å²) in [6.45, 7) is 2.16. The van der Waals surface area contributed by atoms with Crippen LogP contribution in [0.4, 0.5) is 0 Å². The van der Waals surface area contributed by atoms with Gasteiger partial charge in [0, 0.05) is 5.56 Å². The second-order valence-electron chi connectivity index (χ2n) is 3.95. The van der Waals surface area contributed by atoms with E-state index in [0.29, 0.717) is 18.0 Å². The molecule has 2 rings (SSSR count). The van der Waals surface area contributed by atoms with Crippen molar-refractivity contribution in [1.82, 2.24) is 20.2 Å². The van der Waals surface area contributed by atoms with E-state index in [1.807, 2.05) is 31.2 Å². The number of benzene rings is 1. The Labute approximate surface area is 105 Å². The molecule has 0 aliphatic carbocycles. The topological polar surface area (TPSA) is 73.1 Å². The molecular weight excluding hydrogens is 232 g/mol. The van der Waals surface area contributed by atoms with E-state index in [4.69, 9.17) is 4.74 Å². The molecule has 1 heterocycles. The van der Waals surface area contributed by atoms with Crippen molar-refractivity contribution in [1.29, 1.82) is 0 Å². The summed E-state index contributed by atoms with van der Waals surface area (Å²) in [6.07, 6.45) is 0.125. The molecule has 1 aromatic carbocycles. The number of nitrogens with zero attached hydrogens (tertiary/aromatic N) is 4. The van der Waals surface area contributed by atoms with Gasteiger partial charge in [0.1, 0.15) is 5.75 Å². The lowest BCUT2D eigenvalue weighted by Gasteiger charge is -2.13. The van der Waals surface area contributed by atoms with E-state index in [9.17, 15) is 5.11 Å². The lowest BCUT2D eigenvalue weighted by Crippen LogP contribution is -2.03. The number of rotatable bonds is 5. The molecule has 0 saturated heterocycles.